The van der Waals surface area contributed by atoms with Crippen molar-refractivity contribution < 1.29 is 4.74 Å². The Labute approximate surface area is 119 Å². The van der Waals surface area contributed by atoms with Gasteiger partial charge in [0.05, 0.1) is 11.8 Å². The van der Waals surface area contributed by atoms with Gasteiger partial charge in [0.25, 0.3) is 0 Å². The van der Waals surface area contributed by atoms with Gasteiger partial charge >= 0.3 is 0 Å². The van der Waals surface area contributed by atoms with Gasteiger partial charge in [0.15, 0.2) is 0 Å². The number of nitriles is 1. The number of benzene rings is 1. The van der Waals surface area contributed by atoms with Crippen molar-refractivity contribution in [2.75, 3.05) is 6.54 Å². The van der Waals surface area contributed by atoms with E-state index < -0.39 is 0 Å². The molecule has 1 aromatic heterocycles. The number of hydrogen-bond acceptors (Lipinski definition) is 4. The number of pyridine rings is 1. The van der Waals surface area contributed by atoms with E-state index in [1.54, 1.807) is 18.5 Å². The van der Waals surface area contributed by atoms with E-state index in [1.165, 1.54) is 0 Å². The van der Waals surface area contributed by atoms with E-state index in [4.69, 9.17) is 4.74 Å². The Morgan fingerprint density at radius 2 is 2.25 bits per heavy atom. The summed E-state index contributed by atoms with van der Waals surface area (Å²) in [7, 11) is 0. The molecular weight excluding hydrogens is 250 g/mol. The standard InChI is InChI=1S/C16H17N3O/c1-2-7-18-11-13-5-6-16(14(9-13)10-17)20-15-4-3-8-19-12-15/h3-6,8-9,12,18H,2,7,11H2,1H3. The van der Waals surface area contributed by atoms with E-state index in [9.17, 15) is 5.26 Å². The maximum atomic E-state index is 9.23. The van der Waals surface area contributed by atoms with Crippen LogP contribution in [0.5, 0.6) is 11.5 Å². The summed E-state index contributed by atoms with van der Waals surface area (Å²) < 4.78 is 5.68. The molecule has 0 bridgehead atoms. The third kappa shape index (κ3) is 3.81. The van der Waals surface area contributed by atoms with E-state index in [0.717, 1.165) is 25.1 Å². The lowest BCUT2D eigenvalue weighted by Crippen LogP contribution is -2.13. The van der Waals surface area contributed by atoms with Gasteiger partial charge in [-0.25, -0.2) is 0 Å². The molecule has 0 unspecified atom stereocenters. The zero-order valence-corrected chi connectivity index (χ0v) is 11.5. The summed E-state index contributed by atoms with van der Waals surface area (Å²) in [5, 5.41) is 12.5. The molecule has 1 heterocycles. The Kier molecular flexibility index (Phi) is 5.10. The van der Waals surface area contributed by atoms with Crippen LogP contribution >= 0.6 is 0 Å². The predicted octanol–water partition coefficient (Wildman–Crippen LogP) is 3.25. The molecule has 0 atom stereocenters. The van der Waals surface area contributed by atoms with Crippen LogP contribution in [0, 0.1) is 11.3 Å². The fourth-order valence-corrected chi connectivity index (χ4v) is 1.81. The fourth-order valence-electron chi connectivity index (χ4n) is 1.81. The third-order valence-corrected chi connectivity index (χ3v) is 2.78. The first kappa shape index (κ1) is 14.0. The molecule has 4 nitrogen and oxygen atoms in total. The lowest BCUT2D eigenvalue weighted by atomic mass is 10.1. The second-order valence-electron chi connectivity index (χ2n) is 4.41. The monoisotopic (exact) mass is 267 g/mol. The molecule has 0 aliphatic heterocycles. The van der Waals surface area contributed by atoms with Gasteiger partial charge < -0.3 is 10.1 Å². The van der Waals surface area contributed by atoms with E-state index in [1.807, 2.05) is 24.3 Å². The summed E-state index contributed by atoms with van der Waals surface area (Å²) in [5.74, 6) is 1.18. The fraction of sp³-hybridized carbons (Fsp3) is 0.250. The molecule has 20 heavy (non-hydrogen) atoms. The molecule has 0 amide bonds. The molecule has 102 valence electrons. The van der Waals surface area contributed by atoms with Gasteiger partial charge in [-0.3, -0.25) is 4.98 Å². The minimum absolute atomic E-state index is 0.532. The maximum absolute atomic E-state index is 9.23. The van der Waals surface area contributed by atoms with Crippen LogP contribution < -0.4 is 10.1 Å². The summed E-state index contributed by atoms with van der Waals surface area (Å²) in [6.45, 7) is 3.85. The molecule has 0 aliphatic rings. The second-order valence-corrected chi connectivity index (χ2v) is 4.41. The quantitative estimate of drug-likeness (QED) is 0.816. The SMILES string of the molecule is CCCNCc1ccc(Oc2cccnc2)c(C#N)c1. The van der Waals surface area contributed by atoms with Crippen molar-refractivity contribution in [1.29, 1.82) is 5.26 Å². The van der Waals surface area contributed by atoms with Crippen LogP contribution in [0.15, 0.2) is 42.7 Å². The van der Waals surface area contributed by atoms with Crippen LogP contribution in [-0.4, -0.2) is 11.5 Å². The molecule has 0 aliphatic carbocycles. The van der Waals surface area contributed by atoms with Gasteiger partial charge in [0.2, 0.25) is 0 Å². The first-order valence-corrected chi connectivity index (χ1v) is 6.65. The van der Waals surface area contributed by atoms with Crippen molar-refractivity contribution in [2.45, 2.75) is 19.9 Å². The topological polar surface area (TPSA) is 57.9 Å². The van der Waals surface area contributed by atoms with Gasteiger partial charge in [-0.1, -0.05) is 13.0 Å². The zero-order chi connectivity index (χ0) is 14.2. The lowest BCUT2D eigenvalue weighted by molar-refractivity contribution is 0.478. The molecule has 2 aromatic rings. The van der Waals surface area contributed by atoms with Crippen molar-refractivity contribution in [1.82, 2.24) is 10.3 Å². The highest BCUT2D eigenvalue weighted by molar-refractivity contribution is 5.47. The third-order valence-electron chi connectivity index (χ3n) is 2.78. The van der Waals surface area contributed by atoms with Crippen LogP contribution in [0.2, 0.25) is 0 Å². The van der Waals surface area contributed by atoms with Crippen molar-refractivity contribution >= 4 is 0 Å². The highest BCUT2D eigenvalue weighted by Crippen LogP contribution is 2.25. The Balaban J connectivity index is 2.12. The van der Waals surface area contributed by atoms with E-state index >= 15 is 0 Å². The normalized spacial score (nSPS) is 10.0. The van der Waals surface area contributed by atoms with E-state index in [2.05, 4.69) is 23.3 Å². The summed E-state index contributed by atoms with van der Waals surface area (Å²) in [6, 6.07) is 11.4. The van der Waals surface area contributed by atoms with E-state index in [0.29, 0.717) is 17.1 Å². The molecule has 0 saturated carbocycles. The molecular formula is C16H17N3O. The number of aromatic nitrogens is 1. The maximum Gasteiger partial charge on any atom is 0.145 e. The highest BCUT2D eigenvalue weighted by Gasteiger charge is 2.06. The molecule has 2 rings (SSSR count). The number of hydrogen-bond donors (Lipinski definition) is 1. The number of ether oxygens (including phenoxy) is 1. The van der Waals surface area contributed by atoms with Gasteiger partial charge in [-0.2, -0.15) is 5.26 Å². The highest BCUT2D eigenvalue weighted by atomic mass is 16.5. The number of nitrogens with one attached hydrogen (secondary N) is 1. The van der Waals surface area contributed by atoms with Crippen LogP contribution in [0.25, 0.3) is 0 Å². The molecule has 0 saturated heterocycles. The van der Waals surface area contributed by atoms with Crippen LogP contribution in [0.3, 0.4) is 0 Å². The van der Waals surface area contributed by atoms with Crippen LogP contribution in [-0.2, 0) is 6.54 Å². The van der Waals surface area contributed by atoms with Gasteiger partial charge in [0, 0.05) is 12.7 Å². The molecule has 0 fully saturated rings. The Hall–Kier alpha value is -2.38. The zero-order valence-electron chi connectivity index (χ0n) is 11.5. The van der Waals surface area contributed by atoms with Gasteiger partial charge in [-0.05, 0) is 42.8 Å². The molecule has 1 aromatic carbocycles. The summed E-state index contributed by atoms with van der Waals surface area (Å²) in [4.78, 5) is 3.99. The second kappa shape index (κ2) is 7.27. The molecule has 1 N–H and O–H groups in total. The predicted molar refractivity (Wildman–Crippen MR) is 77.5 cm³/mol. The first-order chi connectivity index (χ1) is 9.83. The smallest absolute Gasteiger partial charge is 0.145 e. The lowest BCUT2D eigenvalue weighted by Gasteiger charge is -2.09. The molecule has 0 spiro atoms. The minimum Gasteiger partial charge on any atom is -0.454 e. The number of nitrogens with zero attached hydrogens (tertiary/aromatic N) is 2. The Bertz CT molecular complexity index is 590. The number of rotatable bonds is 6. The Morgan fingerprint density at radius 1 is 1.35 bits per heavy atom. The molecule has 4 heteroatoms. The largest absolute Gasteiger partial charge is 0.454 e. The summed E-state index contributed by atoms with van der Waals surface area (Å²) >= 11 is 0. The van der Waals surface area contributed by atoms with E-state index in [-0.39, 0.29) is 0 Å². The Morgan fingerprint density at radius 3 is 2.95 bits per heavy atom. The van der Waals surface area contributed by atoms with Gasteiger partial charge in [-0.15, -0.1) is 0 Å². The van der Waals surface area contributed by atoms with Crippen molar-refractivity contribution in [3.05, 3.63) is 53.9 Å². The summed E-state index contributed by atoms with van der Waals surface area (Å²) in [5.41, 5.74) is 1.61. The van der Waals surface area contributed by atoms with Crippen molar-refractivity contribution in [3.63, 3.8) is 0 Å². The molecule has 0 radical (unpaired) electrons. The van der Waals surface area contributed by atoms with Gasteiger partial charge in [0.1, 0.15) is 17.6 Å². The first-order valence-electron chi connectivity index (χ1n) is 6.65. The average Bonchev–Trinajstić information content (AvgIpc) is 2.50. The van der Waals surface area contributed by atoms with Crippen LogP contribution in [0.4, 0.5) is 0 Å². The minimum atomic E-state index is 0.532. The van der Waals surface area contributed by atoms with Crippen molar-refractivity contribution in [3.8, 4) is 17.6 Å². The van der Waals surface area contributed by atoms with Crippen LogP contribution in [0.1, 0.15) is 24.5 Å². The van der Waals surface area contributed by atoms with Crippen molar-refractivity contribution in [2.24, 2.45) is 0 Å². The summed E-state index contributed by atoms with van der Waals surface area (Å²) in [6.07, 6.45) is 4.39. The average molecular weight is 267 g/mol.